The highest BCUT2D eigenvalue weighted by Gasteiger charge is 2.57. The van der Waals surface area contributed by atoms with Gasteiger partial charge in [-0.05, 0) is 0 Å². The molecule has 1 aromatic heterocycles. The second kappa shape index (κ2) is 2.24. The predicted octanol–water partition coefficient (Wildman–Crippen LogP) is -0.493. The number of fused-ring (bicyclic) bond motifs is 1. The van der Waals surface area contributed by atoms with Crippen LogP contribution in [0.25, 0.3) is 0 Å². The minimum Gasteiger partial charge on any atom is -0.396 e. The molecule has 2 aliphatic rings. The van der Waals surface area contributed by atoms with Crippen molar-refractivity contribution in [2.24, 2.45) is 0 Å². The Labute approximate surface area is 76.1 Å². The van der Waals surface area contributed by atoms with Gasteiger partial charge in [0.1, 0.15) is 0 Å². The molecule has 2 N–H and O–H groups in total. The number of nitrogen functional groups attached to an aromatic ring is 1. The van der Waals surface area contributed by atoms with E-state index in [9.17, 15) is 0 Å². The fraction of sp³-hybridized carbons (Fsp3) is 0.625. The molecule has 2 fully saturated rings. The van der Waals surface area contributed by atoms with Gasteiger partial charge in [-0.2, -0.15) is 5.10 Å². The fourth-order valence-electron chi connectivity index (χ4n) is 1.94. The zero-order valence-electron chi connectivity index (χ0n) is 7.31. The van der Waals surface area contributed by atoms with E-state index in [-0.39, 0.29) is 5.72 Å². The first-order chi connectivity index (χ1) is 6.28. The van der Waals surface area contributed by atoms with Crippen LogP contribution in [-0.2, 0) is 11.3 Å². The fourth-order valence-corrected chi connectivity index (χ4v) is 1.94. The lowest BCUT2D eigenvalue weighted by Crippen LogP contribution is -2.23. The highest BCUT2D eigenvalue weighted by molar-refractivity contribution is 5.30. The Morgan fingerprint density at radius 1 is 1.69 bits per heavy atom. The molecule has 2 atom stereocenters. The second-order valence-corrected chi connectivity index (χ2v) is 3.69. The summed E-state index contributed by atoms with van der Waals surface area (Å²) in [5.74, 6) is 0. The molecule has 0 saturated carbocycles. The van der Waals surface area contributed by atoms with Crippen LogP contribution in [0.2, 0.25) is 0 Å². The van der Waals surface area contributed by atoms with Crippen molar-refractivity contribution in [1.82, 2.24) is 14.7 Å². The molecular formula is C8H12N4O. The van der Waals surface area contributed by atoms with Crippen LogP contribution >= 0.6 is 0 Å². The van der Waals surface area contributed by atoms with Crippen LogP contribution in [-0.4, -0.2) is 40.1 Å². The van der Waals surface area contributed by atoms with Gasteiger partial charge in [0.05, 0.1) is 25.0 Å². The maximum absolute atomic E-state index is 5.65. The summed E-state index contributed by atoms with van der Waals surface area (Å²) >= 11 is 0. The molecule has 2 aliphatic heterocycles. The van der Waals surface area contributed by atoms with Crippen molar-refractivity contribution in [3.05, 3.63) is 12.4 Å². The van der Waals surface area contributed by atoms with Crippen LogP contribution in [0, 0.1) is 0 Å². The number of anilines is 1. The van der Waals surface area contributed by atoms with E-state index in [4.69, 9.17) is 10.5 Å². The summed E-state index contributed by atoms with van der Waals surface area (Å²) in [7, 11) is 0. The third kappa shape index (κ3) is 1.04. The number of aromatic nitrogens is 2. The van der Waals surface area contributed by atoms with Crippen LogP contribution in [0.15, 0.2) is 12.4 Å². The summed E-state index contributed by atoms with van der Waals surface area (Å²) in [6.45, 7) is 3.73. The van der Waals surface area contributed by atoms with Crippen molar-refractivity contribution in [3.63, 3.8) is 0 Å². The largest absolute Gasteiger partial charge is 0.396 e. The van der Waals surface area contributed by atoms with Crippen molar-refractivity contribution in [3.8, 4) is 0 Å². The first-order valence-electron chi connectivity index (χ1n) is 4.45. The molecule has 3 rings (SSSR count). The highest BCUT2D eigenvalue weighted by Crippen LogP contribution is 2.39. The molecule has 0 aromatic carbocycles. The molecule has 2 saturated heterocycles. The summed E-state index contributed by atoms with van der Waals surface area (Å²) in [5, 5.41) is 4.14. The highest BCUT2D eigenvalue weighted by atomic mass is 16.5. The van der Waals surface area contributed by atoms with Gasteiger partial charge in [0.25, 0.3) is 0 Å². The Hall–Kier alpha value is -1.07. The first-order valence-corrected chi connectivity index (χ1v) is 4.45. The summed E-state index contributed by atoms with van der Waals surface area (Å²) in [6, 6.07) is 0. The lowest BCUT2D eigenvalue weighted by molar-refractivity contribution is 0.0436. The number of hydrogen-bond donors (Lipinski definition) is 1. The molecule has 0 bridgehead atoms. The number of nitrogens with two attached hydrogens (primary N) is 1. The van der Waals surface area contributed by atoms with E-state index in [0.29, 0.717) is 5.69 Å². The number of ether oxygens (including phenoxy) is 1. The van der Waals surface area contributed by atoms with Crippen molar-refractivity contribution in [2.45, 2.75) is 12.3 Å². The van der Waals surface area contributed by atoms with Crippen LogP contribution in [0.5, 0.6) is 0 Å². The monoisotopic (exact) mass is 180 g/mol. The minimum atomic E-state index is -0.0432. The average molecular weight is 180 g/mol. The van der Waals surface area contributed by atoms with Crippen LogP contribution < -0.4 is 5.73 Å². The van der Waals surface area contributed by atoms with Gasteiger partial charge in [-0.3, -0.25) is 9.58 Å². The molecule has 1 aromatic rings. The molecule has 2 unspecified atom stereocenters. The normalized spacial score (nSPS) is 36.2. The SMILES string of the molecule is Nc1cnn(CC23CN2CCO3)c1. The second-order valence-electron chi connectivity index (χ2n) is 3.69. The van der Waals surface area contributed by atoms with Crippen molar-refractivity contribution < 1.29 is 4.74 Å². The third-order valence-corrected chi connectivity index (χ3v) is 2.70. The van der Waals surface area contributed by atoms with Crippen LogP contribution in [0.3, 0.4) is 0 Å². The minimum absolute atomic E-state index is 0.0432. The van der Waals surface area contributed by atoms with Crippen molar-refractivity contribution in [1.29, 1.82) is 0 Å². The number of hydrogen-bond acceptors (Lipinski definition) is 4. The quantitative estimate of drug-likeness (QED) is 0.624. The zero-order chi connectivity index (χ0) is 8.89. The van der Waals surface area contributed by atoms with E-state index in [1.807, 2.05) is 10.9 Å². The molecular weight excluding hydrogens is 168 g/mol. The number of morpholine rings is 1. The van der Waals surface area contributed by atoms with Gasteiger partial charge >= 0.3 is 0 Å². The van der Waals surface area contributed by atoms with E-state index < -0.39 is 0 Å². The first kappa shape index (κ1) is 7.34. The topological polar surface area (TPSA) is 56.1 Å². The lowest BCUT2D eigenvalue weighted by atomic mass is 10.4. The van der Waals surface area contributed by atoms with Gasteiger partial charge in [-0.1, -0.05) is 0 Å². The molecule has 70 valence electrons. The van der Waals surface area contributed by atoms with E-state index in [1.54, 1.807) is 6.20 Å². The Morgan fingerprint density at radius 3 is 3.15 bits per heavy atom. The predicted molar refractivity (Wildman–Crippen MR) is 46.9 cm³/mol. The molecule has 13 heavy (non-hydrogen) atoms. The van der Waals surface area contributed by atoms with E-state index in [1.165, 1.54) is 0 Å². The number of nitrogens with zero attached hydrogens (tertiary/aromatic N) is 3. The Balaban J connectivity index is 1.76. The Morgan fingerprint density at radius 2 is 2.62 bits per heavy atom. The van der Waals surface area contributed by atoms with Gasteiger partial charge in [0, 0.05) is 19.3 Å². The summed E-state index contributed by atoms with van der Waals surface area (Å²) in [6.07, 6.45) is 3.51. The molecule has 5 heteroatoms. The molecule has 3 heterocycles. The summed E-state index contributed by atoms with van der Waals surface area (Å²) in [5.41, 5.74) is 6.24. The van der Waals surface area contributed by atoms with Crippen molar-refractivity contribution in [2.75, 3.05) is 25.4 Å². The van der Waals surface area contributed by atoms with E-state index in [2.05, 4.69) is 10.00 Å². The third-order valence-electron chi connectivity index (χ3n) is 2.70. The van der Waals surface area contributed by atoms with Gasteiger partial charge in [0.15, 0.2) is 5.72 Å². The van der Waals surface area contributed by atoms with E-state index in [0.717, 1.165) is 26.2 Å². The Bertz CT molecular complexity index is 337. The van der Waals surface area contributed by atoms with Gasteiger partial charge in [-0.15, -0.1) is 0 Å². The molecule has 0 amide bonds. The molecule has 0 aliphatic carbocycles. The smallest absolute Gasteiger partial charge is 0.154 e. The molecule has 0 spiro atoms. The molecule has 0 radical (unpaired) electrons. The number of rotatable bonds is 2. The lowest BCUT2D eigenvalue weighted by Gasteiger charge is -2.10. The van der Waals surface area contributed by atoms with Gasteiger partial charge in [0.2, 0.25) is 0 Å². The standard InChI is InChI=1S/C8H12N4O/c9-7-3-10-12(4-7)6-8-5-11(8)1-2-13-8/h3-4H,1-2,5-6,9H2. The summed E-state index contributed by atoms with van der Waals surface area (Å²) in [4.78, 5) is 2.31. The maximum Gasteiger partial charge on any atom is 0.154 e. The van der Waals surface area contributed by atoms with Crippen LogP contribution in [0.1, 0.15) is 0 Å². The molecule has 5 nitrogen and oxygen atoms in total. The summed E-state index contributed by atoms with van der Waals surface area (Å²) < 4.78 is 7.50. The van der Waals surface area contributed by atoms with Gasteiger partial charge < -0.3 is 10.5 Å². The average Bonchev–Trinajstić information content (AvgIpc) is 2.44. The van der Waals surface area contributed by atoms with Crippen LogP contribution in [0.4, 0.5) is 5.69 Å². The van der Waals surface area contributed by atoms with Crippen molar-refractivity contribution >= 4 is 5.69 Å². The zero-order valence-corrected chi connectivity index (χ0v) is 7.31. The Kier molecular flexibility index (Phi) is 1.27. The van der Waals surface area contributed by atoms with Gasteiger partial charge in [-0.25, -0.2) is 0 Å². The van der Waals surface area contributed by atoms with E-state index >= 15 is 0 Å². The maximum atomic E-state index is 5.65.